The molecule has 2 atom stereocenters. The minimum absolute atomic E-state index is 0.0274. The summed E-state index contributed by atoms with van der Waals surface area (Å²) in [6.45, 7) is 6.41. The Morgan fingerprint density at radius 1 is 1.38 bits per heavy atom. The molecule has 0 saturated heterocycles. The van der Waals surface area contributed by atoms with E-state index in [9.17, 15) is 0 Å². The van der Waals surface area contributed by atoms with Crippen molar-refractivity contribution in [3.05, 3.63) is 23.3 Å². The number of nitrogens with zero attached hydrogens (tertiary/aromatic N) is 2. The topological polar surface area (TPSA) is 27.0 Å². The molecule has 2 nitrogen and oxygen atoms in total. The van der Waals surface area contributed by atoms with Crippen molar-refractivity contribution in [2.75, 3.05) is 11.9 Å². The summed E-state index contributed by atoms with van der Waals surface area (Å²) in [5, 5.41) is 9.16. The first-order valence-electron chi connectivity index (χ1n) is 5.45. The summed E-state index contributed by atoms with van der Waals surface area (Å²) in [4.78, 5) is 3.47. The number of hydrogen-bond donors (Lipinski definition) is 0. The number of hydrogen-bond acceptors (Lipinski definition) is 3. The third-order valence-corrected chi connectivity index (χ3v) is 4.78. The first-order valence-corrected chi connectivity index (χ1v) is 6.33. The van der Waals surface area contributed by atoms with Crippen LogP contribution in [0, 0.1) is 25.2 Å². The van der Waals surface area contributed by atoms with Gasteiger partial charge in [0.2, 0.25) is 0 Å². The Kier molecular flexibility index (Phi) is 2.86. The second-order valence-corrected chi connectivity index (χ2v) is 5.56. The molecule has 0 N–H and O–H groups in total. The van der Waals surface area contributed by atoms with Gasteiger partial charge in [-0.05, 0) is 38.0 Å². The number of anilines is 1. The third kappa shape index (κ3) is 1.58. The highest BCUT2D eigenvalue weighted by atomic mass is 32.2. The average Bonchev–Trinajstić information content (AvgIpc) is 2.28. The zero-order chi connectivity index (χ0) is 11.9. The van der Waals surface area contributed by atoms with Gasteiger partial charge in [0, 0.05) is 11.9 Å². The van der Waals surface area contributed by atoms with Gasteiger partial charge in [0.1, 0.15) is 5.25 Å². The number of rotatable bonds is 0. The van der Waals surface area contributed by atoms with Gasteiger partial charge in [0.05, 0.1) is 17.8 Å². The molecule has 1 aliphatic heterocycles. The molecule has 0 amide bonds. The van der Waals surface area contributed by atoms with E-state index < -0.39 is 0 Å². The van der Waals surface area contributed by atoms with Crippen molar-refractivity contribution in [1.29, 1.82) is 5.26 Å². The normalized spacial score (nSPS) is 23.8. The monoisotopic (exact) mass is 232 g/mol. The van der Waals surface area contributed by atoms with Gasteiger partial charge < -0.3 is 4.90 Å². The van der Waals surface area contributed by atoms with Crippen LogP contribution >= 0.6 is 11.8 Å². The van der Waals surface area contributed by atoms with Crippen LogP contribution in [0.2, 0.25) is 0 Å². The Morgan fingerprint density at radius 3 is 2.69 bits per heavy atom. The van der Waals surface area contributed by atoms with Gasteiger partial charge in [-0.15, -0.1) is 11.8 Å². The van der Waals surface area contributed by atoms with Crippen LogP contribution in [0.15, 0.2) is 17.0 Å². The fourth-order valence-electron chi connectivity index (χ4n) is 2.09. The molecule has 0 aliphatic carbocycles. The fraction of sp³-hybridized carbons (Fsp3) is 0.462. The van der Waals surface area contributed by atoms with E-state index in [-0.39, 0.29) is 11.3 Å². The third-order valence-electron chi connectivity index (χ3n) is 3.45. The smallest absolute Gasteiger partial charge is 0.116 e. The Bertz CT molecular complexity index is 462. The van der Waals surface area contributed by atoms with Crippen molar-refractivity contribution in [1.82, 2.24) is 0 Å². The maximum atomic E-state index is 9.13. The molecular formula is C13H16N2S. The number of aryl methyl sites for hydroxylation is 1. The zero-order valence-corrected chi connectivity index (χ0v) is 10.9. The molecular weight excluding hydrogens is 216 g/mol. The number of nitriles is 1. The van der Waals surface area contributed by atoms with E-state index in [0.29, 0.717) is 0 Å². The highest BCUT2D eigenvalue weighted by Crippen LogP contribution is 2.43. The van der Waals surface area contributed by atoms with Crippen LogP contribution in [0.3, 0.4) is 0 Å². The van der Waals surface area contributed by atoms with Gasteiger partial charge in [0.15, 0.2) is 0 Å². The van der Waals surface area contributed by atoms with Gasteiger partial charge >= 0.3 is 0 Å². The molecule has 0 bridgehead atoms. The molecule has 16 heavy (non-hydrogen) atoms. The van der Waals surface area contributed by atoms with Crippen LogP contribution in [-0.4, -0.2) is 18.3 Å². The summed E-state index contributed by atoms with van der Waals surface area (Å²) >= 11 is 1.69. The second-order valence-electron chi connectivity index (χ2n) is 4.37. The summed E-state index contributed by atoms with van der Waals surface area (Å²) in [7, 11) is 2.08. The molecule has 0 radical (unpaired) electrons. The Balaban J connectivity index is 2.56. The van der Waals surface area contributed by atoms with Crippen LogP contribution in [0.1, 0.15) is 18.1 Å². The molecule has 0 aromatic heterocycles. The first kappa shape index (κ1) is 11.3. The lowest BCUT2D eigenvalue weighted by Crippen LogP contribution is -2.40. The molecule has 1 aromatic carbocycles. The lowest BCUT2D eigenvalue weighted by atomic mass is 10.1. The average molecular weight is 232 g/mol. The zero-order valence-electron chi connectivity index (χ0n) is 10.1. The van der Waals surface area contributed by atoms with Crippen LogP contribution in [0.4, 0.5) is 5.69 Å². The lowest BCUT2D eigenvalue weighted by molar-refractivity contribution is 0.695. The molecule has 0 fully saturated rings. The first-order chi connectivity index (χ1) is 7.56. The van der Waals surface area contributed by atoms with Crippen molar-refractivity contribution < 1.29 is 0 Å². The quantitative estimate of drug-likeness (QED) is 0.687. The van der Waals surface area contributed by atoms with Crippen LogP contribution in [0.25, 0.3) is 0 Å². The molecule has 3 heteroatoms. The largest absolute Gasteiger partial charge is 0.369 e. The molecule has 1 heterocycles. The number of benzene rings is 1. The van der Waals surface area contributed by atoms with Gasteiger partial charge in [0.25, 0.3) is 0 Å². The highest BCUT2D eigenvalue weighted by Gasteiger charge is 2.31. The van der Waals surface area contributed by atoms with Crippen LogP contribution in [-0.2, 0) is 0 Å². The summed E-state index contributed by atoms with van der Waals surface area (Å²) in [5.41, 5.74) is 3.94. The van der Waals surface area contributed by atoms with Gasteiger partial charge in [-0.1, -0.05) is 6.07 Å². The predicted octanol–water partition coefficient (Wildman–Crippen LogP) is 3.13. The molecule has 1 aliphatic rings. The summed E-state index contributed by atoms with van der Waals surface area (Å²) in [6.07, 6.45) is 0. The SMILES string of the molecule is Cc1ccc2c(c1C)N(C)C(C)C(C#N)S2. The lowest BCUT2D eigenvalue weighted by Gasteiger charge is -2.37. The molecule has 2 unspecified atom stereocenters. The number of thioether (sulfide) groups is 1. The highest BCUT2D eigenvalue weighted by molar-refractivity contribution is 8.00. The molecule has 0 saturated carbocycles. The van der Waals surface area contributed by atoms with E-state index in [1.54, 1.807) is 11.8 Å². The molecule has 84 valence electrons. The maximum absolute atomic E-state index is 9.13. The summed E-state index contributed by atoms with van der Waals surface area (Å²) in [6, 6.07) is 6.92. The van der Waals surface area contributed by atoms with Crippen molar-refractivity contribution in [2.45, 2.75) is 37.0 Å². The Labute approximate surface area is 101 Å². The van der Waals surface area contributed by atoms with Gasteiger partial charge in [-0.2, -0.15) is 5.26 Å². The minimum atomic E-state index is 0.0274. The van der Waals surface area contributed by atoms with E-state index in [1.165, 1.54) is 21.7 Å². The van der Waals surface area contributed by atoms with Crippen molar-refractivity contribution in [3.63, 3.8) is 0 Å². The van der Waals surface area contributed by atoms with E-state index in [1.807, 2.05) is 0 Å². The Hall–Kier alpha value is -1.14. The van der Waals surface area contributed by atoms with Gasteiger partial charge in [-0.3, -0.25) is 0 Å². The summed E-state index contributed by atoms with van der Waals surface area (Å²) < 4.78 is 0. The van der Waals surface area contributed by atoms with Gasteiger partial charge in [-0.25, -0.2) is 0 Å². The molecule has 2 rings (SSSR count). The van der Waals surface area contributed by atoms with Crippen LogP contribution in [0.5, 0.6) is 0 Å². The van der Waals surface area contributed by atoms with Crippen molar-refractivity contribution >= 4 is 17.4 Å². The van der Waals surface area contributed by atoms with Crippen molar-refractivity contribution in [3.8, 4) is 6.07 Å². The van der Waals surface area contributed by atoms with E-state index in [0.717, 1.165) is 0 Å². The maximum Gasteiger partial charge on any atom is 0.116 e. The van der Waals surface area contributed by atoms with Crippen LogP contribution < -0.4 is 4.90 Å². The summed E-state index contributed by atoms with van der Waals surface area (Å²) in [5.74, 6) is 0. The second kappa shape index (κ2) is 4.03. The number of fused-ring (bicyclic) bond motifs is 1. The minimum Gasteiger partial charge on any atom is -0.369 e. The fourth-order valence-corrected chi connectivity index (χ4v) is 3.35. The predicted molar refractivity (Wildman–Crippen MR) is 69.0 cm³/mol. The van der Waals surface area contributed by atoms with E-state index >= 15 is 0 Å². The van der Waals surface area contributed by atoms with E-state index in [2.05, 4.69) is 50.9 Å². The Morgan fingerprint density at radius 2 is 2.06 bits per heavy atom. The standard InChI is InChI=1S/C13H16N2S/c1-8-5-6-11-13(9(8)2)15(4)10(3)12(7-14)16-11/h5-6,10,12H,1-4H3. The van der Waals surface area contributed by atoms with Crippen molar-refractivity contribution in [2.24, 2.45) is 0 Å². The molecule has 0 spiro atoms. The van der Waals surface area contributed by atoms with E-state index in [4.69, 9.17) is 5.26 Å². The molecule has 1 aromatic rings.